The van der Waals surface area contributed by atoms with Gasteiger partial charge in [-0.1, -0.05) is 13.0 Å². The third kappa shape index (κ3) is 5.01. The minimum Gasteiger partial charge on any atom is -0.340 e. The van der Waals surface area contributed by atoms with Gasteiger partial charge in [0.25, 0.3) is 0 Å². The number of aryl methyl sites for hydroxylation is 2. The number of anilines is 5. The number of hydrogen-bond donors (Lipinski definition) is 3. The van der Waals surface area contributed by atoms with Gasteiger partial charge in [-0.2, -0.15) is 4.98 Å². The van der Waals surface area contributed by atoms with Crippen molar-refractivity contribution in [2.24, 2.45) is 0 Å². The van der Waals surface area contributed by atoms with Crippen LogP contribution < -0.4 is 20.3 Å². The maximum absolute atomic E-state index is 12.5. The maximum atomic E-state index is 12.5. The van der Waals surface area contributed by atoms with Crippen LogP contribution in [0.1, 0.15) is 18.1 Å². The van der Waals surface area contributed by atoms with E-state index in [1.165, 1.54) is 11.8 Å². The van der Waals surface area contributed by atoms with Gasteiger partial charge in [0.1, 0.15) is 5.82 Å². The summed E-state index contributed by atoms with van der Waals surface area (Å²) in [6, 6.07) is 10.9. The minimum atomic E-state index is -3.60. The zero-order chi connectivity index (χ0) is 24.5. The van der Waals surface area contributed by atoms with E-state index in [4.69, 9.17) is 0 Å². The number of benzene rings is 2. The molecule has 0 saturated heterocycles. The summed E-state index contributed by atoms with van der Waals surface area (Å²) in [5.74, 6) is 1.42. The number of rotatable bonds is 7. The van der Waals surface area contributed by atoms with Crippen molar-refractivity contribution in [2.45, 2.75) is 30.6 Å². The molecule has 178 valence electrons. The minimum absolute atomic E-state index is 0.0629. The molecule has 0 atom stereocenters. The van der Waals surface area contributed by atoms with Gasteiger partial charge >= 0.3 is 0 Å². The molecule has 1 aliphatic rings. The van der Waals surface area contributed by atoms with Gasteiger partial charge in [-0.25, -0.2) is 18.1 Å². The first-order valence-electron chi connectivity index (χ1n) is 10.7. The average Bonchev–Trinajstić information content (AvgIpc) is 2.80. The summed E-state index contributed by atoms with van der Waals surface area (Å²) in [5, 5.41) is 6.39. The molecule has 0 unspecified atom stereocenters. The number of nitrogens with zero attached hydrogens (tertiary/aromatic N) is 3. The largest absolute Gasteiger partial charge is 0.340 e. The molecule has 0 aliphatic carbocycles. The van der Waals surface area contributed by atoms with Gasteiger partial charge in [-0.3, -0.25) is 4.79 Å². The Labute approximate surface area is 203 Å². The normalized spacial score (nSPS) is 13.5. The molecule has 9 nitrogen and oxygen atoms in total. The molecule has 34 heavy (non-hydrogen) atoms. The van der Waals surface area contributed by atoms with Crippen molar-refractivity contribution in [1.82, 2.24) is 14.7 Å². The molecule has 4 rings (SSSR count). The van der Waals surface area contributed by atoms with Gasteiger partial charge in [0.05, 0.1) is 16.3 Å². The Bertz CT molecular complexity index is 1360. The lowest BCUT2D eigenvalue weighted by atomic mass is 10.2. The molecule has 2 aromatic carbocycles. The van der Waals surface area contributed by atoms with E-state index < -0.39 is 10.0 Å². The second kappa shape index (κ2) is 9.61. The smallest absolute Gasteiger partial charge is 0.240 e. The predicted octanol–water partition coefficient (Wildman–Crippen LogP) is 3.95. The summed E-state index contributed by atoms with van der Waals surface area (Å²) in [6.45, 7) is 5.69. The van der Waals surface area contributed by atoms with Crippen LogP contribution in [0.4, 0.5) is 28.8 Å². The number of amides is 1. The standard InChI is InChI=1S/C23H26N6O3S2/c1-5-25-34(31,32)20-11-17(7-6-14(20)2)27-23-24-12-15(3)22(28-23)26-16-8-9-19-18(10-16)29(4)21(30)13-33-19/h6-12,25H,5,13H2,1-4H3,(H2,24,26,27,28). The molecule has 1 amide bonds. The van der Waals surface area contributed by atoms with Crippen molar-refractivity contribution in [1.29, 1.82) is 0 Å². The summed E-state index contributed by atoms with van der Waals surface area (Å²) < 4.78 is 27.5. The number of hydrogen-bond acceptors (Lipinski definition) is 8. The van der Waals surface area contributed by atoms with Crippen molar-refractivity contribution < 1.29 is 13.2 Å². The van der Waals surface area contributed by atoms with E-state index >= 15 is 0 Å². The second-order valence-corrected chi connectivity index (χ2v) is 10.6. The average molecular weight is 499 g/mol. The number of carbonyl (C=O) groups is 1. The number of nitrogens with one attached hydrogen (secondary N) is 3. The SMILES string of the molecule is CCNS(=O)(=O)c1cc(Nc2ncc(C)c(Nc3ccc4c(c3)N(C)C(=O)CS4)n2)ccc1C. The van der Waals surface area contributed by atoms with E-state index in [0.717, 1.165) is 21.8 Å². The number of thioether (sulfide) groups is 1. The number of carbonyl (C=O) groups excluding carboxylic acids is 1. The molecule has 1 aromatic heterocycles. The summed E-state index contributed by atoms with van der Waals surface area (Å²) in [7, 11) is -1.83. The van der Waals surface area contributed by atoms with Gasteiger partial charge in [-0.15, -0.1) is 11.8 Å². The molecule has 0 bridgehead atoms. The molecule has 3 N–H and O–H groups in total. The van der Waals surface area contributed by atoms with Crippen LogP contribution in [0, 0.1) is 13.8 Å². The molecule has 3 aromatic rings. The molecule has 11 heteroatoms. The highest BCUT2D eigenvalue weighted by atomic mass is 32.2. The van der Waals surface area contributed by atoms with E-state index in [2.05, 4.69) is 25.3 Å². The van der Waals surface area contributed by atoms with E-state index in [1.807, 2.05) is 25.1 Å². The summed E-state index contributed by atoms with van der Waals surface area (Å²) in [4.78, 5) is 23.9. The Balaban J connectivity index is 1.59. The lowest BCUT2D eigenvalue weighted by Gasteiger charge is -2.25. The first-order valence-corrected chi connectivity index (χ1v) is 13.2. The van der Waals surface area contributed by atoms with Crippen LogP contribution in [0.25, 0.3) is 0 Å². The van der Waals surface area contributed by atoms with Crippen molar-refractivity contribution in [2.75, 3.05) is 34.9 Å². The molecule has 2 heterocycles. The Morgan fingerprint density at radius 2 is 1.79 bits per heavy atom. The van der Waals surface area contributed by atoms with E-state index in [-0.39, 0.29) is 10.8 Å². The Morgan fingerprint density at radius 3 is 2.56 bits per heavy atom. The van der Waals surface area contributed by atoms with Crippen LogP contribution in [-0.2, 0) is 14.8 Å². The third-order valence-electron chi connectivity index (χ3n) is 5.35. The predicted molar refractivity (Wildman–Crippen MR) is 136 cm³/mol. The Morgan fingerprint density at radius 1 is 1.06 bits per heavy atom. The lowest BCUT2D eigenvalue weighted by Crippen LogP contribution is -2.31. The molecule has 0 saturated carbocycles. The fraction of sp³-hybridized carbons (Fsp3) is 0.261. The first-order chi connectivity index (χ1) is 16.2. The zero-order valence-electron chi connectivity index (χ0n) is 19.3. The monoisotopic (exact) mass is 498 g/mol. The van der Waals surface area contributed by atoms with Crippen LogP contribution in [0.5, 0.6) is 0 Å². The highest BCUT2D eigenvalue weighted by molar-refractivity contribution is 8.00. The maximum Gasteiger partial charge on any atom is 0.240 e. The lowest BCUT2D eigenvalue weighted by molar-refractivity contribution is -0.116. The molecule has 0 fully saturated rings. The molecular weight excluding hydrogens is 472 g/mol. The van der Waals surface area contributed by atoms with Gasteiger partial charge in [0.2, 0.25) is 21.9 Å². The van der Waals surface area contributed by atoms with Crippen LogP contribution in [0.2, 0.25) is 0 Å². The number of aromatic nitrogens is 2. The van der Waals surface area contributed by atoms with Crippen LogP contribution >= 0.6 is 11.8 Å². The Hall–Kier alpha value is -3.15. The van der Waals surface area contributed by atoms with Gasteiger partial charge in [0.15, 0.2) is 0 Å². The number of fused-ring (bicyclic) bond motifs is 1. The van der Waals surface area contributed by atoms with E-state index in [9.17, 15) is 13.2 Å². The zero-order valence-corrected chi connectivity index (χ0v) is 21.0. The van der Waals surface area contributed by atoms with Crippen molar-refractivity contribution in [3.05, 3.63) is 53.7 Å². The van der Waals surface area contributed by atoms with E-state index in [1.54, 1.807) is 50.2 Å². The summed E-state index contributed by atoms with van der Waals surface area (Å²) in [6.07, 6.45) is 1.69. The molecule has 0 radical (unpaired) electrons. The molecule has 1 aliphatic heterocycles. The quantitative estimate of drug-likeness (QED) is 0.448. The van der Waals surface area contributed by atoms with E-state index in [0.29, 0.717) is 35.3 Å². The Kier molecular flexibility index (Phi) is 6.78. The fourth-order valence-corrected chi connectivity index (χ4v) is 5.77. The van der Waals surface area contributed by atoms with Crippen LogP contribution in [0.15, 0.2) is 52.4 Å². The van der Waals surface area contributed by atoms with Crippen LogP contribution in [0.3, 0.4) is 0 Å². The second-order valence-electron chi connectivity index (χ2n) is 7.88. The third-order valence-corrected chi connectivity index (χ3v) is 8.08. The fourth-order valence-electron chi connectivity index (χ4n) is 3.48. The highest BCUT2D eigenvalue weighted by Gasteiger charge is 2.22. The van der Waals surface area contributed by atoms with Gasteiger partial charge in [-0.05, 0) is 49.7 Å². The van der Waals surface area contributed by atoms with Crippen molar-refractivity contribution in [3.8, 4) is 0 Å². The van der Waals surface area contributed by atoms with Gasteiger partial charge < -0.3 is 15.5 Å². The van der Waals surface area contributed by atoms with Crippen molar-refractivity contribution >= 4 is 56.5 Å². The molecule has 0 spiro atoms. The topological polar surface area (TPSA) is 116 Å². The highest BCUT2D eigenvalue weighted by Crippen LogP contribution is 2.37. The summed E-state index contributed by atoms with van der Waals surface area (Å²) >= 11 is 1.53. The van der Waals surface area contributed by atoms with Crippen LogP contribution in [-0.4, -0.2) is 43.6 Å². The summed E-state index contributed by atoms with van der Waals surface area (Å²) in [5.41, 5.74) is 3.69. The van der Waals surface area contributed by atoms with Gasteiger partial charge in [0, 0.05) is 41.6 Å². The van der Waals surface area contributed by atoms with Crippen molar-refractivity contribution in [3.63, 3.8) is 0 Å². The first kappa shape index (κ1) is 24.0. The number of sulfonamides is 1. The molecular formula is C23H26N6O3S2.